The third kappa shape index (κ3) is 4.04. The van der Waals surface area contributed by atoms with Crippen LogP contribution >= 0.6 is 11.6 Å². The summed E-state index contributed by atoms with van der Waals surface area (Å²) in [5, 5.41) is 6.17. The number of hydrogen-bond acceptors (Lipinski definition) is 3. The second-order valence-corrected chi connectivity index (χ2v) is 4.72. The van der Waals surface area contributed by atoms with E-state index in [1.807, 2.05) is 6.07 Å². The van der Waals surface area contributed by atoms with Gasteiger partial charge < -0.3 is 9.84 Å². The first-order chi connectivity index (χ1) is 8.08. The highest BCUT2D eigenvalue weighted by Crippen LogP contribution is 2.22. The van der Waals surface area contributed by atoms with Crippen LogP contribution in [0.4, 0.5) is 0 Å². The molecule has 1 rings (SSSR count). The van der Waals surface area contributed by atoms with E-state index in [1.165, 1.54) is 0 Å². The van der Waals surface area contributed by atoms with E-state index in [2.05, 4.69) is 24.3 Å². The summed E-state index contributed by atoms with van der Waals surface area (Å²) >= 11 is 5.64. The number of amides is 1. The molecule has 1 heterocycles. The maximum Gasteiger partial charge on any atom is 0.238 e. The number of aromatic nitrogens is 1. The van der Waals surface area contributed by atoms with Crippen LogP contribution in [-0.4, -0.2) is 16.4 Å². The molecule has 4 nitrogen and oxygen atoms in total. The van der Waals surface area contributed by atoms with Crippen LogP contribution in [-0.2, 0) is 11.3 Å². The Labute approximate surface area is 107 Å². The van der Waals surface area contributed by atoms with Crippen molar-refractivity contribution in [1.82, 2.24) is 10.5 Å². The molecule has 0 saturated carbocycles. The molecule has 0 aliphatic rings. The van der Waals surface area contributed by atoms with E-state index in [0.29, 0.717) is 18.2 Å². The fourth-order valence-electron chi connectivity index (χ4n) is 1.63. The Hall–Kier alpha value is -1.03. The highest BCUT2D eigenvalue weighted by atomic mass is 35.5. The standard InChI is InChI=1S/C12H19ClN2O2/c1-4-9(5-2)11-6-10(17-15-11)7-14-12(16)8(3)13/h6,8-9H,4-5,7H2,1-3H3,(H,14,16). The molecular formula is C12H19ClN2O2. The van der Waals surface area contributed by atoms with Crippen molar-refractivity contribution >= 4 is 17.5 Å². The molecule has 1 unspecified atom stereocenters. The first-order valence-corrected chi connectivity index (χ1v) is 6.39. The monoisotopic (exact) mass is 258 g/mol. The molecule has 17 heavy (non-hydrogen) atoms. The minimum absolute atomic E-state index is 0.202. The molecule has 0 radical (unpaired) electrons. The number of nitrogens with one attached hydrogen (secondary N) is 1. The molecule has 0 aliphatic heterocycles. The second kappa shape index (κ2) is 6.64. The van der Waals surface area contributed by atoms with E-state index in [1.54, 1.807) is 6.92 Å². The van der Waals surface area contributed by atoms with Crippen LogP contribution < -0.4 is 5.32 Å². The van der Waals surface area contributed by atoms with Crippen LogP contribution in [0.5, 0.6) is 0 Å². The Bertz CT molecular complexity index is 359. The predicted octanol–water partition coefficient (Wildman–Crippen LogP) is 2.82. The van der Waals surface area contributed by atoms with E-state index in [0.717, 1.165) is 18.5 Å². The minimum Gasteiger partial charge on any atom is -0.359 e. The summed E-state index contributed by atoms with van der Waals surface area (Å²) in [6.45, 7) is 6.22. The minimum atomic E-state index is -0.531. The average Bonchev–Trinajstić information content (AvgIpc) is 2.76. The molecule has 0 saturated heterocycles. The van der Waals surface area contributed by atoms with E-state index in [9.17, 15) is 4.79 Å². The number of halogens is 1. The Morgan fingerprint density at radius 3 is 2.71 bits per heavy atom. The fourth-order valence-corrected chi connectivity index (χ4v) is 1.70. The van der Waals surface area contributed by atoms with Crippen LogP contribution in [0.1, 0.15) is 51.0 Å². The Morgan fingerprint density at radius 1 is 1.53 bits per heavy atom. The lowest BCUT2D eigenvalue weighted by molar-refractivity contribution is -0.120. The van der Waals surface area contributed by atoms with E-state index in [4.69, 9.17) is 16.1 Å². The third-order valence-electron chi connectivity index (χ3n) is 2.78. The highest BCUT2D eigenvalue weighted by Gasteiger charge is 2.14. The number of hydrogen-bond donors (Lipinski definition) is 1. The van der Waals surface area contributed by atoms with Crippen molar-refractivity contribution in [2.75, 3.05) is 0 Å². The lowest BCUT2D eigenvalue weighted by Gasteiger charge is -2.06. The van der Waals surface area contributed by atoms with E-state index < -0.39 is 5.38 Å². The van der Waals surface area contributed by atoms with Crippen molar-refractivity contribution in [3.8, 4) is 0 Å². The Morgan fingerprint density at radius 2 is 2.18 bits per heavy atom. The van der Waals surface area contributed by atoms with Crippen molar-refractivity contribution in [3.05, 3.63) is 17.5 Å². The fraction of sp³-hybridized carbons (Fsp3) is 0.667. The van der Waals surface area contributed by atoms with Crippen LogP contribution in [0.3, 0.4) is 0 Å². The number of nitrogens with zero attached hydrogens (tertiary/aromatic N) is 1. The van der Waals surface area contributed by atoms with Crippen molar-refractivity contribution in [2.45, 2.75) is 51.5 Å². The average molecular weight is 259 g/mol. The summed E-state index contributed by atoms with van der Waals surface area (Å²) in [5.41, 5.74) is 0.957. The molecule has 1 aromatic heterocycles. The molecule has 1 aromatic rings. The zero-order valence-corrected chi connectivity index (χ0v) is 11.3. The number of carbonyl (C=O) groups is 1. The molecule has 0 bridgehead atoms. The van der Waals surface area contributed by atoms with Crippen LogP contribution in [0.15, 0.2) is 10.6 Å². The van der Waals surface area contributed by atoms with Gasteiger partial charge in [-0.15, -0.1) is 11.6 Å². The zero-order valence-electron chi connectivity index (χ0n) is 10.5. The summed E-state index contributed by atoms with van der Waals surface area (Å²) in [6, 6.07) is 1.90. The van der Waals surface area contributed by atoms with Gasteiger partial charge in [0.1, 0.15) is 5.38 Å². The predicted molar refractivity (Wildman–Crippen MR) is 67.0 cm³/mol. The van der Waals surface area contributed by atoms with Gasteiger partial charge in [-0.25, -0.2) is 0 Å². The molecular weight excluding hydrogens is 240 g/mol. The zero-order chi connectivity index (χ0) is 12.8. The Balaban J connectivity index is 2.54. The molecule has 96 valence electrons. The quantitative estimate of drug-likeness (QED) is 0.799. The summed E-state index contributed by atoms with van der Waals surface area (Å²) < 4.78 is 5.17. The topological polar surface area (TPSA) is 55.1 Å². The largest absolute Gasteiger partial charge is 0.359 e. The summed E-state index contributed by atoms with van der Waals surface area (Å²) in [6.07, 6.45) is 2.07. The van der Waals surface area contributed by atoms with Crippen molar-refractivity contribution in [2.24, 2.45) is 0 Å². The van der Waals surface area contributed by atoms with Crippen molar-refractivity contribution < 1.29 is 9.32 Å². The third-order valence-corrected chi connectivity index (χ3v) is 2.98. The smallest absolute Gasteiger partial charge is 0.238 e. The van der Waals surface area contributed by atoms with Crippen molar-refractivity contribution in [1.29, 1.82) is 0 Å². The van der Waals surface area contributed by atoms with Crippen molar-refractivity contribution in [3.63, 3.8) is 0 Å². The summed E-state index contributed by atoms with van der Waals surface area (Å²) in [7, 11) is 0. The number of carbonyl (C=O) groups excluding carboxylic acids is 1. The molecule has 0 aliphatic carbocycles. The van der Waals surface area contributed by atoms with Gasteiger partial charge in [0, 0.05) is 12.0 Å². The molecule has 5 heteroatoms. The maximum atomic E-state index is 11.3. The van der Waals surface area contributed by atoms with Gasteiger partial charge in [-0.1, -0.05) is 19.0 Å². The summed E-state index contributed by atoms with van der Waals surface area (Å²) in [4.78, 5) is 11.3. The van der Waals surface area contributed by atoms with Gasteiger partial charge in [-0.05, 0) is 19.8 Å². The van der Waals surface area contributed by atoms with Crippen LogP contribution in [0, 0.1) is 0 Å². The molecule has 0 spiro atoms. The van der Waals surface area contributed by atoms with Gasteiger partial charge in [-0.3, -0.25) is 4.79 Å². The normalized spacial score (nSPS) is 12.8. The van der Waals surface area contributed by atoms with E-state index in [-0.39, 0.29) is 5.91 Å². The highest BCUT2D eigenvalue weighted by molar-refractivity contribution is 6.30. The first-order valence-electron chi connectivity index (χ1n) is 5.95. The SMILES string of the molecule is CCC(CC)c1cc(CNC(=O)C(C)Cl)on1. The van der Waals surface area contributed by atoms with E-state index >= 15 is 0 Å². The van der Waals surface area contributed by atoms with Gasteiger partial charge in [0.05, 0.1) is 12.2 Å². The van der Waals surface area contributed by atoms with Crippen LogP contribution in [0.25, 0.3) is 0 Å². The van der Waals surface area contributed by atoms with Gasteiger partial charge >= 0.3 is 0 Å². The Kier molecular flexibility index (Phi) is 5.48. The molecule has 1 amide bonds. The van der Waals surface area contributed by atoms with Crippen LogP contribution in [0.2, 0.25) is 0 Å². The number of alkyl halides is 1. The lowest BCUT2D eigenvalue weighted by atomic mass is 9.99. The second-order valence-electron chi connectivity index (χ2n) is 4.07. The molecule has 1 atom stereocenters. The number of rotatable bonds is 6. The van der Waals surface area contributed by atoms with Gasteiger partial charge in [-0.2, -0.15) is 0 Å². The molecule has 0 aromatic carbocycles. The van der Waals surface area contributed by atoms with Gasteiger partial charge in [0.15, 0.2) is 5.76 Å². The van der Waals surface area contributed by atoms with Gasteiger partial charge in [0.2, 0.25) is 5.91 Å². The maximum absolute atomic E-state index is 11.3. The first kappa shape index (κ1) is 14.0. The molecule has 1 N–H and O–H groups in total. The van der Waals surface area contributed by atoms with Gasteiger partial charge in [0.25, 0.3) is 0 Å². The lowest BCUT2D eigenvalue weighted by Crippen LogP contribution is -2.28. The molecule has 0 fully saturated rings. The summed E-state index contributed by atoms with van der Waals surface area (Å²) in [5.74, 6) is 0.889.